The number of phenolic OH excluding ortho intramolecular Hbond substituents is 2. The second-order valence-corrected chi connectivity index (χ2v) is 27.3. The van der Waals surface area contributed by atoms with Gasteiger partial charge in [0.15, 0.2) is 10.7 Å². The van der Waals surface area contributed by atoms with E-state index >= 15 is 0 Å². The molecule has 0 saturated carbocycles. The van der Waals surface area contributed by atoms with Crippen molar-refractivity contribution in [2.24, 2.45) is 11.6 Å². The number of aliphatic hydroxyl groups is 1. The van der Waals surface area contributed by atoms with Gasteiger partial charge in [0.25, 0.3) is 0 Å². The summed E-state index contributed by atoms with van der Waals surface area (Å²) in [6.45, 7) is 2.80. The number of unbranched alkanes of at least 4 members (excludes halogenated alkanes) is 1. The van der Waals surface area contributed by atoms with Gasteiger partial charge < -0.3 is 103 Å². The molecular formula is C69H87N13O23S. The number of rotatable bonds is 31. The van der Waals surface area contributed by atoms with Crippen LogP contribution in [-0.4, -0.2) is 238 Å². The van der Waals surface area contributed by atoms with Crippen LogP contribution in [0, 0.1) is 0 Å². The van der Waals surface area contributed by atoms with Crippen LogP contribution in [0.25, 0.3) is 0 Å². The van der Waals surface area contributed by atoms with Crippen LogP contribution in [0.1, 0.15) is 150 Å². The number of anilines is 1. The van der Waals surface area contributed by atoms with Crippen LogP contribution in [-0.2, 0) is 77.5 Å². The quantitative estimate of drug-likeness (QED) is 0.0163. The predicted molar refractivity (Wildman–Crippen MR) is 371 cm³/mol. The lowest BCUT2D eigenvalue weighted by Gasteiger charge is -2.39. The highest BCUT2D eigenvalue weighted by molar-refractivity contribution is 7.80. The fourth-order valence-electron chi connectivity index (χ4n) is 14.3. The zero-order valence-corrected chi connectivity index (χ0v) is 58.9. The standard InChI is InChI=1S/C69H87N13O23S/c1-34(64(99)81-27-6-4-9-48(81)66(101)82-30-25-49(105-71)57(82)63(98)76-44(20-23-54(89)90)59(94)75-43(58(70)93)19-22-53(87)88)73-62(97)56(35(2)83)78-61(96)47-11-8-29-80(47)65(100)45(21-24-55(91)92)77-60(95)46-10-7-28-79(46)52(86)12-3-5-26-72-68(106)74-36-13-16-39-42(31-36)69(104-67(39)102)40-17-14-37(84)32-50(40)103-51-33-38(85)15-18-41(51)69/h13-18,31-35,43-49,56-57,83-85H,3-12,19-30,71H2,1-2H3,(H2,70,93)(H,73,97)(H,75,94)(H,76,98)(H,77,95)(H,78,96)(H,87,88)(H,89,90)(H,91,92)(H2,72,74,106)/t34-,35+,43-,44-,45-,46-,47-,48?,49-,56-,57-/m0/s1. The number of piperidine rings is 1. The van der Waals surface area contributed by atoms with E-state index in [1.165, 1.54) is 47.9 Å². The van der Waals surface area contributed by atoms with Gasteiger partial charge in [0, 0.05) is 92.9 Å². The maximum absolute atomic E-state index is 14.6. The lowest BCUT2D eigenvalue weighted by molar-refractivity contribution is -0.153. The molecule has 11 atom stereocenters. The highest BCUT2D eigenvalue weighted by Crippen LogP contribution is 2.57. The molecule has 6 heterocycles. The zero-order valence-electron chi connectivity index (χ0n) is 58.1. The number of aromatic hydroxyl groups is 2. The lowest BCUT2D eigenvalue weighted by Crippen LogP contribution is -2.63. The number of carbonyl (C=O) groups excluding carboxylic acids is 11. The Hall–Kier alpha value is -10.8. The number of nitrogens with one attached hydrogen (secondary N) is 7. The molecule has 0 aromatic heterocycles. The van der Waals surface area contributed by atoms with Gasteiger partial charge in [-0.2, -0.15) is 0 Å². The SMILES string of the molecule is C[C@H](NC(=O)[C@@H](NC(=O)[C@@H]1CCCN1C(=O)[C@H](CCC(=O)O)NC(=O)[C@@H]1CCCN1C(=O)CCCCNC(=S)Nc1ccc2c(c1)C1(OC2=O)c2ccc(O)cc2Oc2cc(O)ccc21)[C@@H](C)O)C(=O)N1CCCCC1C(=O)N1CC[C@H](ON)[C@H]1C(=O)N[C@@H](CCC(=O)O)C(=O)N[C@@H](CCC(=O)O)C(N)=O. The summed E-state index contributed by atoms with van der Waals surface area (Å²) in [5.74, 6) is -7.43. The van der Waals surface area contributed by atoms with E-state index in [0.717, 1.165) is 9.80 Å². The smallest absolute Gasteiger partial charge is 0.340 e. The van der Waals surface area contributed by atoms with E-state index in [1.807, 2.05) is 0 Å². The number of phenols is 2. The number of carbonyl (C=O) groups is 14. The molecule has 6 aliphatic heterocycles. The number of fused-ring (bicyclic) bond motifs is 6. The molecule has 0 bridgehead atoms. The van der Waals surface area contributed by atoms with Crippen molar-refractivity contribution in [3.63, 3.8) is 0 Å². The first-order chi connectivity index (χ1) is 50.4. The second kappa shape index (κ2) is 34.9. The van der Waals surface area contributed by atoms with Crippen molar-refractivity contribution in [2.75, 3.05) is 38.0 Å². The van der Waals surface area contributed by atoms with E-state index in [1.54, 1.807) is 30.3 Å². The van der Waals surface area contributed by atoms with Crippen molar-refractivity contribution in [1.82, 2.24) is 51.5 Å². The van der Waals surface area contributed by atoms with Crippen LogP contribution in [0.15, 0.2) is 54.6 Å². The minimum atomic E-state index is -1.75. The van der Waals surface area contributed by atoms with Gasteiger partial charge >= 0.3 is 23.9 Å². The van der Waals surface area contributed by atoms with Gasteiger partial charge in [-0.25, -0.2) is 10.7 Å². The number of amides is 10. The molecule has 0 aliphatic carbocycles. The summed E-state index contributed by atoms with van der Waals surface area (Å²) < 4.78 is 12.2. The van der Waals surface area contributed by atoms with Crippen molar-refractivity contribution < 1.29 is 112 Å². The number of esters is 1. The number of likely N-dealkylation sites (tertiary alicyclic amines) is 4. The number of carboxylic acid groups (broad SMARTS) is 3. The Kier molecular flexibility index (Phi) is 26.1. The monoisotopic (exact) mass is 1500 g/mol. The largest absolute Gasteiger partial charge is 0.508 e. The molecule has 4 saturated heterocycles. The van der Waals surface area contributed by atoms with E-state index < -0.39 is 188 Å². The number of ether oxygens (including phenoxy) is 2. The molecule has 3 aromatic carbocycles. The zero-order chi connectivity index (χ0) is 77.0. The average Bonchev–Trinajstić information content (AvgIpc) is 1.45. The van der Waals surface area contributed by atoms with E-state index in [-0.39, 0.29) is 104 Å². The topological polar surface area (TPSA) is 537 Å². The summed E-state index contributed by atoms with van der Waals surface area (Å²) in [7, 11) is 0. The van der Waals surface area contributed by atoms with Crippen LogP contribution in [0.4, 0.5) is 5.69 Å². The highest BCUT2D eigenvalue weighted by atomic mass is 32.1. The van der Waals surface area contributed by atoms with Crippen molar-refractivity contribution in [1.29, 1.82) is 0 Å². The maximum Gasteiger partial charge on any atom is 0.340 e. The number of carboxylic acids is 3. The molecule has 1 unspecified atom stereocenters. The number of primary amides is 1. The van der Waals surface area contributed by atoms with Crippen LogP contribution in [0.2, 0.25) is 0 Å². The van der Waals surface area contributed by atoms with Crippen LogP contribution < -0.4 is 53.6 Å². The van der Waals surface area contributed by atoms with Gasteiger partial charge in [-0.3, -0.25) is 67.2 Å². The molecule has 10 amide bonds. The number of aliphatic carboxylic acids is 3. The third kappa shape index (κ3) is 18.3. The molecular weight excluding hydrogens is 1410 g/mol. The molecule has 9 rings (SSSR count). The normalized spacial score (nSPS) is 20.6. The van der Waals surface area contributed by atoms with Gasteiger partial charge in [-0.1, -0.05) is 0 Å². The Morgan fingerprint density at radius 2 is 1.17 bits per heavy atom. The van der Waals surface area contributed by atoms with Crippen LogP contribution >= 0.6 is 12.2 Å². The van der Waals surface area contributed by atoms with E-state index in [9.17, 15) is 92.7 Å². The molecule has 6 aliphatic rings. The molecule has 0 radical (unpaired) electrons. The summed E-state index contributed by atoms with van der Waals surface area (Å²) in [5, 5.41) is 78.6. The number of nitrogens with two attached hydrogens (primary N) is 2. The first kappa shape index (κ1) is 79.3. The first-order valence-corrected chi connectivity index (χ1v) is 35.3. The summed E-state index contributed by atoms with van der Waals surface area (Å²) in [6, 6.07) is 0.774. The molecule has 37 heteroatoms. The Morgan fingerprint density at radius 1 is 0.604 bits per heavy atom. The van der Waals surface area contributed by atoms with E-state index in [0.29, 0.717) is 61.0 Å². The van der Waals surface area contributed by atoms with E-state index in [2.05, 4.69) is 37.2 Å². The molecule has 36 nitrogen and oxygen atoms in total. The number of benzene rings is 3. The van der Waals surface area contributed by atoms with Crippen molar-refractivity contribution in [2.45, 2.75) is 195 Å². The molecule has 572 valence electrons. The van der Waals surface area contributed by atoms with Gasteiger partial charge in [-0.15, -0.1) is 0 Å². The average molecular weight is 1500 g/mol. The Labute approximate surface area is 611 Å². The summed E-state index contributed by atoms with van der Waals surface area (Å²) in [6.07, 6.45) is -3.37. The van der Waals surface area contributed by atoms with Crippen molar-refractivity contribution in [3.8, 4) is 23.0 Å². The molecule has 106 heavy (non-hydrogen) atoms. The Balaban J connectivity index is 0.768. The maximum atomic E-state index is 14.6. The number of hydrogen-bond acceptors (Lipinski definition) is 22. The van der Waals surface area contributed by atoms with Crippen LogP contribution in [0.3, 0.4) is 0 Å². The molecule has 4 fully saturated rings. The molecule has 1 spiro atoms. The summed E-state index contributed by atoms with van der Waals surface area (Å²) in [5.41, 5.74) is 5.96. The highest BCUT2D eigenvalue weighted by Gasteiger charge is 2.55. The second-order valence-electron chi connectivity index (χ2n) is 26.9. The minimum absolute atomic E-state index is 0.0133. The number of nitrogens with zero attached hydrogens (tertiary/aromatic N) is 4. The number of hydrogen-bond donors (Lipinski definition) is 15. The van der Waals surface area contributed by atoms with E-state index in [4.69, 9.17) is 43.3 Å². The number of thiocarbonyl (C=S) groups is 1. The number of aliphatic hydroxyl groups excluding tert-OH is 1. The fourth-order valence-corrected chi connectivity index (χ4v) is 14.5. The van der Waals surface area contributed by atoms with Gasteiger partial charge in [0.05, 0.1) is 11.7 Å². The van der Waals surface area contributed by atoms with Crippen molar-refractivity contribution >= 4 is 106 Å². The summed E-state index contributed by atoms with van der Waals surface area (Å²) >= 11 is 5.62. The van der Waals surface area contributed by atoms with Gasteiger partial charge in [0.1, 0.15) is 83.5 Å². The summed E-state index contributed by atoms with van der Waals surface area (Å²) in [4.78, 5) is 197. The predicted octanol–water partition coefficient (Wildman–Crippen LogP) is -0.750. The lowest BCUT2D eigenvalue weighted by atomic mass is 9.77. The first-order valence-electron chi connectivity index (χ1n) is 34.9. The molecule has 17 N–H and O–H groups in total. The van der Waals surface area contributed by atoms with Crippen LogP contribution in [0.5, 0.6) is 23.0 Å². The Morgan fingerprint density at radius 3 is 1.78 bits per heavy atom. The third-order valence-electron chi connectivity index (χ3n) is 19.6. The molecule has 3 aromatic rings. The minimum Gasteiger partial charge on any atom is -0.508 e. The third-order valence-corrected chi connectivity index (χ3v) is 19.9. The fraction of sp³-hybridized carbons (Fsp3) is 0.522. The van der Waals surface area contributed by atoms with Crippen molar-refractivity contribution in [3.05, 3.63) is 76.9 Å². The Bertz CT molecular complexity index is 3900. The van der Waals surface area contributed by atoms with Gasteiger partial charge in [-0.05, 0) is 152 Å². The van der Waals surface area contributed by atoms with Gasteiger partial charge in [0.2, 0.25) is 59.1 Å².